The molecule has 5 heteroatoms. The van der Waals surface area contributed by atoms with E-state index in [1.165, 1.54) is 5.56 Å². The topological polar surface area (TPSA) is 34.1 Å². The van der Waals surface area contributed by atoms with E-state index in [1.807, 2.05) is 25.1 Å². The standard InChI is InChI=1S/C14H20Br2O2S/c1-2-9-19(17,18)10-8-14(11-15,12-16)13-6-4-3-5-7-13/h3-7H,2,8-12H2,1H3. The first-order chi connectivity index (χ1) is 8.99. The predicted molar refractivity (Wildman–Crippen MR) is 89.3 cm³/mol. The second-order valence-electron chi connectivity index (χ2n) is 4.82. The SMILES string of the molecule is CCCS(=O)(=O)CCC(CBr)(CBr)c1ccccc1. The van der Waals surface area contributed by atoms with Gasteiger partial charge in [-0.1, -0.05) is 69.1 Å². The van der Waals surface area contributed by atoms with Gasteiger partial charge in [-0.25, -0.2) is 8.42 Å². The number of sulfone groups is 1. The predicted octanol–water partition coefficient (Wildman–Crippen LogP) is 3.93. The minimum absolute atomic E-state index is 0.165. The third-order valence-electron chi connectivity index (χ3n) is 3.30. The minimum atomic E-state index is -2.93. The molecule has 19 heavy (non-hydrogen) atoms. The number of halogens is 2. The molecule has 0 aliphatic rings. The Morgan fingerprint density at radius 2 is 1.63 bits per heavy atom. The molecule has 0 unspecified atom stereocenters. The highest BCUT2D eigenvalue weighted by atomic mass is 79.9. The molecule has 0 fully saturated rings. The average molecular weight is 412 g/mol. The van der Waals surface area contributed by atoms with Gasteiger partial charge >= 0.3 is 0 Å². The van der Waals surface area contributed by atoms with Crippen molar-refractivity contribution in [2.75, 3.05) is 22.2 Å². The molecule has 0 amide bonds. The van der Waals surface area contributed by atoms with Crippen LogP contribution in [0.5, 0.6) is 0 Å². The summed E-state index contributed by atoms with van der Waals surface area (Å²) in [6.07, 6.45) is 1.32. The molecule has 2 nitrogen and oxygen atoms in total. The molecule has 1 aromatic rings. The first-order valence-corrected chi connectivity index (χ1v) is 10.4. The average Bonchev–Trinajstić information content (AvgIpc) is 2.41. The largest absolute Gasteiger partial charge is 0.229 e. The summed E-state index contributed by atoms with van der Waals surface area (Å²) in [5.74, 6) is 0.523. The van der Waals surface area contributed by atoms with Crippen LogP contribution < -0.4 is 0 Å². The normalized spacial score (nSPS) is 12.6. The zero-order chi connectivity index (χ0) is 14.4. The van der Waals surface area contributed by atoms with E-state index in [0.29, 0.717) is 12.8 Å². The van der Waals surface area contributed by atoms with E-state index in [2.05, 4.69) is 44.0 Å². The van der Waals surface area contributed by atoms with E-state index in [-0.39, 0.29) is 16.9 Å². The zero-order valence-corrected chi connectivity index (χ0v) is 15.1. The lowest BCUT2D eigenvalue weighted by atomic mass is 9.82. The van der Waals surface area contributed by atoms with Crippen molar-refractivity contribution in [3.05, 3.63) is 35.9 Å². The Hall–Kier alpha value is 0.130. The highest BCUT2D eigenvalue weighted by Crippen LogP contribution is 2.33. The highest BCUT2D eigenvalue weighted by Gasteiger charge is 2.31. The molecule has 0 saturated carbocycles. The van der Waals surface area contributed by atoms with Crippen molar-refractivity contribution >= 4 is 41.7 Å². The molecule has 1 rings (SSSR count). The molecule has 0 aliphatic heterocycles. The Labute approximate surface area is 133 Å². The summed E-state index contributed by atoms with van der Waals surface area (Å²) in [6, 6.07) is 10.1. The fraction of sp³-hybridized carbons (Fsp3) is 0.571. The second kappa shape index (κ2) is 7.79. The summed E-state index contributed by atoms with van der Waals surface area (Å²) in [5, 5.41) is 1.49. The van der Waals surface area contributed by atoms with Crippen LogP contribution in [0.15, 0.2) is 30.3 Å². The maximum absolute atomic E-state index is 11.9. The molecule has 1 aromatic carbocycles. The molecule has 0 aliphatic carbocycles. The van der Waals surface area contributed by atoms with E-state index in [1.54, 1.807) is 0 Å². The lowest BCUT2D eigenvalue weighted by molar-refractivity contribution is 0.523. The van der Waals surface area contributed by atoms with Crippen LogP contribution in [0.25, 0.3) is 0 Å². The van der Waals surface area contributed by atoms with E-state index in [9.17, 15) is 8.42 Å². The van der Waals surface area contributed by atoms with Crippen LogP contribution in [0.4, 0.5) is 0 Å². The summed E-state index contributed by atoms with van der Waals surface area (Å²) >= 11 is 7.10. The molecular formula is C14H20Br2O2S. The van der Waals surface area contributed by atoms with E-state index >= 15 is 0 Å². The molecule has 0 aromatic heterocycles. The van der Waals surface area contributed by atoms with Crippen molar-refractivity contribution < 1.29 is 8.42 Å². The number of rotatable bonds is 8. The molecule has 0 radical (unpaired) electrons. The van der Waals surface area contributed by atoms with Gasteiger partial charge in [-0.15, -0.1) is 0 Å². The van der Waals surface area contributed by atoms with Crippen molar-refractivity contribution in [3.8, 4) is 0 Å². The fourth-order valence-electron chi connectivity index (χ4n) is 2.02. The van der Waals surface area contributed by atoms with E-state index < -0.39 is 9.84 Å². The summed E-state index contributed by atoms with van der Waals surface area (Å²) in [7, 11) is -2.93. The Balaban J connectivity index is 2.90. The van der Waals surface area contributed by atoms with Crippen molar-refractivity contribution in [2.45, 2.75) is 25.2 Å². The Kier molecular flexibility index (Phi) is 7.05. The van der Waals surface area contributed by atoms with Crippen LogP contribution in [0.1, 0.15) is 25.3 Å². The first kappa shape index (κ1) is 17.2. The van der Waals surface area contributed by atoms with Gasteiger partial charge in [0.2, 0.25) is 0 Å². The van der Waals surface area contributed by atoms with Crippen LogP contribution in [0.3, 0.4) is 0 Å². The molecule has 0 N–H and O–H groups in total. The maximum atomic E-state index is 11.9. The van der Waals surface area contributed by atoms with Crippen molar-refractivity contribution in [3.63, 3.8) is 0 Å². The van der Waals surface area contributed by atoms with Gasteiger partial charge in [0.15, 0.2) is 0 Å². The van der Waals surface area contributed by atoms with Crippen LogP contribution in [-0.4, -0.2) is 30.6 Å². The molecule has 108 valence electrons. The van der Waals surface area contributed by atoms with Crippen molar-refractivity contribution in [2.24, 2.45) is 0 Å². The lowest BCUT2D eigenvalue weighted by Crippen LogP contribution is -2.33. The fourth-order valence-corrected chi connectivity index (χ4v) is 5.69. The van der Waals surface area contributed by atoms with Crippen LogP contribution >= 0.6 is 31.9 Å². The molecule has 0 saturated heterocycles. The van der Waals surface area contributed by atoms with Gasteiger partial charge in [0.25, 0.3) is 0 Å². The second-order valence-corrected chi connectivity index (χ2v) is 8.24. The lowest BCUT2D eigenvalue weighted by Gasteiger charge is -2.30. The van der Waals surface area contributed by atoms with E-state index in [4.69, 9.17) is 0 Å². The third kappa shape index (κ3) is 4.87. The quantitative estimate of drug-likeness (QED) is 0.607. The number of alkyl halides is 2. The summed E-state index contributed by atoms with van der Waals surface area (Å²) in [6.45, 7) is 1.90. The monoisotopic (exact) mass is 410 g/mol. The summed E-state index contributed by atoms with van der Waals surface area (Å²) < 4.78 is 23.8. The molecule has 0 spiro atoms. The zero-order valence-electron chi connectivity index (χ0n) is 11.1. The highest BCUT2D eigenvalue weighted by molar-refractivity contribution is 9.09. The van der Waals surface area contributed by atoms with Crippen molar-refractivity contribution in [1.29, 1.82) is 0 Å². The molecule has 0 bridgehead atoms. The van der Waals surface area contributed by atoms with Crippen molar-refractivity contribution in [1.82, 2.24) is 0 Å². The number of benzene rings is 1. The Morgan fingerprint density at radius 1 is 1.05 bits per heavy atom. The molecule has 0 atom stereocenters. The Bertz CT molecular complexity index is 467. The van der Waals surface area contributed by atoms with Gasteiger partial charge in [0.05, 0.1) is 5.75 Å². The van der Waals surface area contributed by atoms with Crippen LogP contribution in [-0.2, 0) is 15.3 Å². The van der Waals surface area contributed by atoms with Gasteiger partial charge in [0, 0.05) is 21.8 Å². The molecular weight excluding hydrogens is 392 g/mol. The van der Waals surface area contributed by atoms with Gasteiger partial charge in [-0.05, 0) is 18.4 Å². The smallest absolute Gasteiger partial charge is 0.150 e. The Morgan fingerprint density at radius 3 is 2.11 bits per heavy atom. The minimum Gasteiger partial charge on any atom is -0.229 e. The third-order valence-corrected chi connectivity index (χ3v) is 7.31. The van der Waals surface area contributed by atoms with E-state index in [0.717, 1.165) is 10.7 Å². The number of hydrogen-bond donors (Lipinski definition) is 0. The molecule has 0 heterocycles. The van der Waals surface area contributed by atoms with Crippen LogP contribution in [0.2, 0.25) is 0 Å². The maximum Gasteiger partial charge on any atom is 0.150 e. The summed E-state index contributed by atoms with van der Waals surface area (Å²) in [4.78, 5) is 0. The van der Waals surface area contributed by atoms with Gasteiger partial charge in [-0.2, -0.15) is 0 Å². The number of hydrogen-bond acceptors (Lipinski definition) is 2. The van der Waals surface area contributed by atoms with Gasteiger partial charge in [-0.3, -0.25) is 0 Å². The van der Waals surface area contributed by atoms with Gasteiger partial charge < -0.3 is 0 Å². The van der Waals surface area contributed by atoms with Crippen LogP contribution in [0, 0.1) is 0 Å². The summed E-state index contributed by atoms with van der Waals surface area (Å²) in [5.41, 5.74) is 1.01. The van der Waals surface area contributed by atoms with Gasteiger partial charge in [0.1, 0.15) is 9.84 Å². The first-order valence-electron chi connectivity index (χ1n) is 6.37.